The Morgan fingerprint density at radius 1 is 0.553 bits per heavy atom. The van der Waals surface area contributed by atoms with E-state index in [9.17, 15) is 24.6 Å². The molecule has 0 heterocycles. The summed E-state index contributed by atoms with van der Waals surface area (Å²) in [5.41, 5.74) is 2.77. The molecule has 0 amide bonds. The van der Waals surface area contributed by atoms with Crippen LogP contribution < -0.4 is 0 Å². The van der Waals surface area contributed by atoms with Gasteiger partial charge in [-0.05, 0) is 70.8 Å². The average Bonchev–Trinajstić information content (AvgIpc) is 2.90. The molecule has 0 aromatic heterocycles. The first kappa shape index (κ1) is 27.3. The molecule has 0 bridgehead atoms. The Kier molecular flexibility index (Phi) is 8.79. The van der Waals surface area contributed by atoms with Crippen molar-refractivity contribution < 1.29 is 24.6 Å². The molecule has 0 fully saturated rings. The Bertz CT molecular complexity index is 1390. The van der Waals surface area contributed by atoms with Crippen LogP contribution in [0.2, 0.25) is 10.0 Å². The zero-order valence-electron chi connectivity index (χ0n) is 19.9. The third kappa shape index (κ3) is 6.78. The molecule has 38 heavy (non-hydrogen) atoms. The summed E-state index contributed by atoms with van der Waals surface area (Å²) in [6, 6.07) is 23.0. The fourth-order valence-electron chi connectivity index (χ4n) is 3.79. The van der Waals surface area contributed by atoms with Crippen LogP contribution in [0.15, 0.2) is 97.1 Å². The van der Waals surface area contributed by atoms with Gasteiger partial charge in [-0.1, -0.05) is 83.9 Å². The molecule has 194 valence electrons. The van der Waals surface area contributed by atoms with Gasteiger partial charge in [0.1, 0.15) is 0 Å². The SMILES string of the molecule is O=S(C(C=Cc1ccc(O)c(O)c1)c1ccc(Cl)cc1)C(C=Cc1ccc(O)c(O)c1)c1ccc(Cl)cc1. The summed E-state index contributed by atoms with van der Waals surface area (Å²) < 4.78 is 14.3. The summed E-state index contributed by atoms with van der Waals surface area (Å²) in [6.07, 6.45) is 7.04. The standard InChI is InChI=1S/C30H24Cl2O5S/c31-23-9-5-21(6-10-23)29(15-3-19-1-13-25(33)27(35)17-19)38(37)30(22-7-11-24(32)12-8-22)16-4-20-2-14-26(34)28(36)18-20/h1-18,29-30,33-36H. The van der Waals surface area contributed by atoms with Gasteiger partial charge in [-0.15, -0.1) is 0 Å². The number of rotatable bonds is 8. The van der Waals surface area contributed by atoms with Crippen molar-refractivity contribution >= 4 is 46.2 Å². The van der Waals surface area contributed by atoms with E-state index in [2.05, 4.69) is 0 Å². The van der Waals surface area contributed by atoms with Gasteiger partial charge in [0.25, 0.3) is 0 Å². The predicted octanol–water partition coefficient (Wildman–Crippen LogP) is 7.77. The van der Waals surface area contributed by atoms with Crippen LogP contribution in [-0.2, 0) is 10.8 Å². The smallest absolute Gasteiger partial charge is 0.157 e. The highest BCUT2D eigenvalue weighted by atomic mass is 35.5. The second-order valence-electron chi connectivity index (χ2n) is 8.49. The van der Waals surface area contributed by atoms with E-state index in [1.54, 1.807) is 60.7 Å². The lowest BCUT2D eigenvalue weighted by Crippen LogP contribution is -2.12. The fraction of sp³-hybridized carbons (Fsp3) is 0.0667. The molecule has 4 aromatic carbocycles. The van der Waals surface area contributed by atoms with E-state index in [0.717, 1.165) is 11.1 Å². The Morgan fingerprint density at radius 2 is 0.921 bits per heavy atom. The molecular weight excluding hydrogens is 543 g/mol. The van der Waals surface area contributed by atoms with Crippen molar-refractivity contribution in [1.82, 2.24) is 0 Å². The topological polar surface area (TPSA) is 98.0 Å². The molecule has 4 N–H and O–H groups in total. The van der Waals surface area contributed by atoms with Gasteiger partial charge in [0.05, 0.1) is 10.5 Å². The molecule has 0 aliphatic carbocycles. The lowest BCUT2D eigenvalue weighted by atomic mass is 10.1. The molecular formula is C30H24Cl2O5S. The molecule has 4 rings (SSSR count). The van der Waals surface area contributed by atoms with E-state index >= 15 is 0 Å². The third-order valence-corrected chi connectivity index (χ3v) is 8.19. The molecule has 5 nitrogen and oxygen atoms in total. The summed E-state index contributed by atoms with van der Waals surface area (Å²) in [7, 11) is -1.56. The van der Waals surface area contributed by atoms with Crippen LogP contribution in [0.3, 0.4) is 0 Å². The Labute approximate surface area is 233 Å². The van der Waals surface area contributed by atoms with E-state index in [0.29, 0.717) is 21.2 Å². The highest BCUT2D eigenvalue weighted by molar-refractivity contribution is 7.85. The van der Waals surface area contributed by atoms with E-state index < -0.39 is 21.3 Å². The van der Waals surface area contributed by atoms with E-state index in [1.165, 1.54) is 24.3 Å². The Balaban J connectivity index is 1.76. The number of hydrogen-bond acceptors (Lipinski definition) is 5. The van der Waals surface area contributed by atoms with Gasteiger partial charge in [-0.3, -0.25) is 4.21 Å². The molecule has 0 saturated heterocycles. The monoisotopic (exact) mass is 566 g/mol. The molecule has 2 unspecified atom stereocenters. The Hall–Kier alpha value is -3.71. The minimum Gasteiger partial charge on any atom is -0.504 e. The van der Waals surface area contributed by atoms with Crippen LogP contribution in [-0.4, -0.2) is 24.6 Å². The number of aromatic hydroxyl groups is 4. The number of halogens is 2. The van der Waals surface area contributed by atoms with Crippen molar-refractivity contribution in [2.45, 2.75) is 10.5 Å². The van der Waals surface area contributed by atoms with Crippen LogP contribution in [0.5, 0.6) is 23.0 Å². The third-order valence-electron chi connectivity index (χ3n) is 5.82. The maximum absolute atomic E-state index is 14.3. The lowest BCUT2D eigenvalue weighted by molar-refractivity contribution is 0.403. The molecule has 0 aliphatic heterocycles. The first-order chi connectivity index (χ1) is 18.2. The summed E-state index contributed by atoms with van der Waals surface area (Å²) in [5.74, 6) is -0.966. The van der Waals surface area contributed by atoms with Crippen molar-refractivity contribution in [3.8, 4) is 23.0 Å². The van der Waals surface area contributed by atoms with Gasteiger partial charge < -0.3 is 20.4 Å². The molecule has 0 radical (unpaired) electrons. The zero-order chi connectivity index (χ0) is 27.2. The van der Waals surface area contributed by atoms with Gasteiger partial charge in [0, 0.05) is 20.8 Å². The second-order valence-corrected chi connectivity index (χ2v) is 11.0. The summed E-state index contributed by atoms with van der Waals surface area (Å²) >= 11 is 12.2. The highest BCUT2D eigenvalue weighted by Crippen LogP contribution is 2.36. The van der Waals surface area contributed by atoms with E-state index in [-0.39, 0.29) is 23.0 Å². The van der Waals surface area contributed by atoms with E-state index in [1.807, 2.05) is 24.3 Å². The van der Waals surface area contributed by atoms with E-state index in [4.69, 9.17) is 23.2 Å². The van der Waals surface area contributed by atoms with Crippen LogP contribution in [0.4, 0.5) is 0 Å². The molecule has 0 spiro atoms. The largest absolute Gasteiger partial charge is 0.504 e. The second kappa shape index (κ2) is 12.2. The van der Waals surface area contributed by atoms with Gasteiger partial charge in [-0.25, -0.2) is 0 Å². The number of benzene rings is 4. The first-order valence-corrected chi connectivity index (χ1v) is 13.5. The zero-order valence-corrected chi connectivity index (χ0v) is 22.2. The molecule has 8 heteroatoms. The summed E-state index contributed by atoms with van der Waals surface area (Å²) in [4.78, 5) is 0. The number of phenols is 4. The van der Waals surface area contributed by atoms with Crippen molar-refractivity contribution in [2.75, 3.05) is 0 Å². The quantitative estimate of drug-likeness (QED) is 0.163. The molecule has 0 saturated carbocycles. The summed E-state index contributed by atoms with van der Waals surface area (Å²) in [5, 5.41) is 39.0. The molecule has 4 aromatic rings. The van der Waals surface area contributed by atoms with Crippen LogP contribution >= 0.6 is 23.2 Å². The minimum absolute atomic E-state index is 0.229. The fourth-order valence-corrected chi connectivity index (χ4v) is 5.68. The van der Waals surface area contributed by atoms with Crippen LogP contribution in [0, 0.1) is 0 Å². The Morgan fingerprint density at radius 3 is 1.26 bits per heavy atom. The van der Waals surface area contributed by atoms with Gasteiger partial charge in [-0.2, -0.15) is 0 Å². The maximum atomic E-state index is 14.3. The maximum Gasteiger partial charge on any atom is 0.157 e. The van der Waals surface area contributed by atoms with Crippen molar-refractivity contribution in [1.29, 1.82) is 0 Å². The van der Waals surface area contributed by atoms with Crippen molar-refractivity contribution in [3.63, 3.8) is 0 Å². The van der Waals surface area contributed by atoms with Gasteiger partial charge in [0.2, 0.25) is 0 Å². The summed E-state index contributed by atoms with van der Waals surface area (Å²) in [6.45, 7) is 0. The normalized spacial score (nSPS) is 14.1. The van der Waals surface area contributed by atoms with Crippen LogP contribution in [0.1, 0.15) is 32.8 Å². The molecule has 0 aliphatic rings. The van der Waals surface area contributed by atoms with Gasteiger partial charge in [0.15, 0.2) is 23.0 Å². The predicted molar refractivity (Wildman–Crippen MR) is 154 cm³/mol. The van der Waals surface area contributed by atoms with Crippen molar-refractivity contribution in [2.24, 2.45) is 0 Å². The highest BCUT2D eigenvalue weighted by Gasteiger charge is 2.25. The first-order valence-electron chi connectivity index (χ1n) is 11.5. The average molecular weight is 567 g/mol. The van der Waals surface area contributed by atoms with Gasteiger partial charge >= 0.3 is 0 Å². The number of hydrogen-bond donors (Lipinski definition) is 4. The minimum atomic E-state index is -1.56. The van der Waals surface area contributed by atoms with Crippen LogP contribution in [0.25, 0.3) is 12.2 Å². The lowest BCUT2D eigenvalue weighted by Gasteiger charge is -2.20. The number of phenolic OH excluding ortho intramolecular Hbond substituents is 4. The molecule has 2 atom stereocenters. The van der Waals surface area contributed by atoms with Crippen molar-refractivity contribution in [3.05, 3.63) is 129 Å².